The van der Waals surface area contributed by atoms with E-state index in [1.807, 2.05) is 6.92 Å². The fourth-order valence-corrected chi connectivity index (χ4v) is 3.07. The van der Waals surface area contributed by atoms with Crippen LogP contribution in [-0.2, 0) is 14.8 Å². The number of halogens is 1. The second-order valence-electron chi connectivity index (χ2n) is 5.12. The second-order valence-corrected chi connectivity index (χ2v) is 7.68. The van der Waals surface area contributed by atoms with Crippen molar-refractivity contribution >= 4 is 27.6 Å². The minimum absolute atomic E-state index is 0.0206. The molecule has 2 atom stereocenters. The molecule has 5 nitrogen and oxygen atoms in total. The smallest absolute Gasteiger partial charge is 0.314 e. The van der Waals surface area contributed by atoms with Crippen LogP contribution in [0.3, 0.4) is 0 Å². The molecule has 0 amide bonds. The van der Waals surface area contributed by atoms with Crippen molar-refractivity contribution in [3.8, 4) is 5.75 Å². The summed E-state index contributed by atoms with van der Waals surface area (Å²) in [6, 6.07) is 4.19. The van der Waals surface area contributed by atoms with Gasteiger partial charge in [0.05, 0.1) is 5.92 Å². The average molecular weight is 318 g/mol. The lowest BCUT2D eigenvalue weighted by molar-refractivity contribution is -0.136. The molecule has 0 saturated heterocycles. The molecular formula is C13H16ClNO4S. The minimum atomic E-state index is -3.72. The van der Waals surface area contributed by atoms with Crippen molar-refractivity contribution < 1.29 is 17.9 Å². The topological polar surface area (TPSA) is 63.7 Å². The summed E-state index contributed by atoms with van der Waals surface area (Å²) in [5.41, 5.74) is 0. The van der Waals surface area contributed by atoms with Gasteiger partial charge in [0, 0.05) is 19.1 Å². The Labute approximate surface area is 123 Å². The summed E-state index contributed by atoms with van der Waals surface area (Å²) in [5, 5.41) is 0.269. The molecule has 1 aromatic rings. The van der Waals surface area contributed by atoms with E-state index in [-0.39, 0.29) is 21.6 Å². The first-order valence-corrected chi connectivity index (χ1v) is 7.99. The predicted octanol–water partition coefficient (Wildman–Crippen LogP) is 2.15. The van der Waals surface area contributed by atoms with Gasteiger partial charge in [-0.2, -0.15) is 0 Å². The zero-order valence-corrected chi connectivity index (χ0v) is 13.0. The maximum Gasteiger partial charge on any atom is 0.314 e. The summed E-state index contributed by atoms with van der Waals surface area (Å²) in [4.78, 5) is 11.8. The third-order valence-electron chi connectivity index (χ3n) is 3.29. The van der Waals surface area contributed by atoms with E-state index < -0.39 is 16.0 Å². The van der Waals surface area contributed by atoms with Crippen LogP contribution in [0, 0.1) is 11.8 Å². The molecule has 2 rings (SSSR count). The molecule has 0 spiro atoms. The van der Waals surface area contributed by atoms with Gasteiger partial charge in [0.2, 0.25) is 10.0 Å². The summed E-state index contributed by atoms with van der Waals surface area (Å²) in [7, 11) is -0.908. The van der Waals surface area contributed by atoms with Crippen molar-refractivity contribution in [1.82, 2.24) is 4.31 Å². The Hall–Kier alpha value is -1.11. The fourth-order valence-electron chi connectivity index (χ4n) is 1.80. The molecule has 7 heteroatoms. The van der Waals surface area contributed by atoms with Crippen molar-refractivity contribution in [2.45, 2.75) is 18.2 Å². The highest BCUT2D eigenvalue weighted by Crippen LogP contribution is 2.39. The number of ether oxygens (including phenoxy) is 1. The normalized spacial score (nSPS) is 21.9. The number of hydrogen-bond acceptors (Lipinski definition) is 4. The quantitative estimate of drug-likeness (QED) is 0.630. The average Bonchev–Trinajstić information content (AvgIpc) is 3.08. The van der Waals surface area contributed by atoms with Crippen LogP contribution in [0.4, 0.5) is 0 Å². The Bertz CT molecular complexity index is 642. The van der Waals surface area contributed by atoms with Crippen LogP contribution in [0.5, 0.6) is 5.75 Å². The number of sulfonamides is 1. The van der Waals surface area contributed by atoms with E-state index >= 15 is 0 Å². The molecule has 0 aromatic heterocycles. The number of carbonyl (C=O) groups is 1. The lowest BCUT2D eigenvalue weighted by Crippen LogP contribution is -2.23. The lowest BCUT2D eigenvalue weighted by Gasteiger charge is -2.15. The second kappa shape index (κ2) is 5.35. The molecule has 0 bridgehead atoms. The molecule has 0 radical (unpaired) electrons. The van der Waals surface area contributed by atoms with Crippen molar-refractivity contribution in [1.29, 1.82) is 0 Å². The van der Waals surface area contributed by atoms with Crippen molar-refractivity contribution in [2.24, 2.45) is 11.8 Å². The van der Waals surface area contributed by atoms with Crippen LogP contribution in [0.1, 0.15) is 13.3 Å². The van der Waals surface area contributed by atoms with E-state index in [4.69, 9.17) is 16.3 Å². The molecule has 0 unspecified atom stereocenters. The first kappa shape index (κ1) is 15.3. The zero-order chi connectivity index (χ0) is 15.1. The van der Waals surface area contributed by atoms with E-state index in [0.717, 1.165) is 10.7 Å². The van der Waals surface area contributed by atoms with Gasteiger partial charge in [0.25, 0.3) is 0 Å². The van der Waals surface area contributed by atoms with E-state index in [2.05, 4.69) is 0 Å². The van der Waals surface area contributed by atoms with Gasteiger partial charge in [-0.25, -0.2) is 12.7 Å². The summed E-state index contributed by atoms with van der Waals surface area (Å²) >= 11 is 5.84. The molecule has 0 N–H and O–H groups in total. The number of esters is 1. The highest BCUT2D eigenvalue weighted by atomic mass is 35.5. The van der Waals surface area contributed by atoms with Gasteiger partial charge in [-0.1, -0.05) is 18.5 Å². The number of hydrogen-bond donors (Lipinski definition) is 0. The van der Waals surface area contributed by atoms with Gasteiger partial charge < -0.3 is 4.74 Å². The maximum absolute atomic E-state index is 12.2. The molecule has 110 valence electrons. The first-order valence-electron chi connectivity index (χ1n) is 6.17. The molecule has 1 aliphatic carbocycles. The summed E-state index contributed by atoms with van der Waals surface area (Å²) in [5.74, 6) is -0.216. The van der Waals surface area contributed by atoms with Crippen LogP contribution in [0.25, 0.3) is 0 Å². The van der Waals surface area contributed by atoms with Crippen LogP contribution in [-0.4, -0.2) is 32.8 Å². The molecule has 0 aliphatic heterocycles. The maximum atomic E-state index is 12.2. The van der Waals surface area contributed by atoms with Gasteiger partial charge in [0.1, 0.15) is 4.90 Å². The van der Waals surface area contributed by atoms with E-state index in [1.165, 1.54) is 32.3 Å². The number of rotatable bonds is 4. The van der Waals surface area contributed by atoms with Gasteiger partial charge in [-0.3, -0.25) is 4.79 Å². The molecular weight excluding hydrogens is 302 g/mol. The van der Waals surface area contributed by atoms with E-state index in [0.29, 0.717) is 5.92 Å². The van der Waals surface area contributed by atoms with Gasteiger partial charge in [0.15, 0.2) is 5.75 Å². The molecule has 1 aromatic carbocycles. The Morgan fingerprint density at radius 2 is 2.00 bits per heavy atom. The Morgan fingerprint density at radius 3 is 2.50 bits per heavy atom. The summed E-state index contributed by atoms with van der Waals surface area (Å²) < 4.78 is 30.7. The Morgan fingerprint density at radius 1 is 1.40 bits per heavy atom. The third-order valence-corrected chi connectivity index (χ3v) is 5.36. The molecule has 0 heterocycles. The van der Waals surface area contributed by atoms with Crippen LogP contribution in [0.2, 0.25) is 5.02 Å². The number of carbonyl (C=O) groups excluding carboxylic acids is 1. The van der Waals surface area contributed by atoms with Crippen LogP contribution >= 0.6 is 11.6 Å². The largest absolute Gasteiger partial charge is 0.425 e. The van der Waals surface area contributed by atoms with Gasteiger partial charge >= 0.3 is 5.97 Å². The summed E-state index contributed by atoms with van der Waals surface area (Å²) in [6.45, 7) is 1.95. The Kier molecular flexibility index (Phi) is 4.09. The zero-order valence-electron chi connectivity index (χ0n) is 11.5. The van der Waals surface area contributed by atoms with Crippen LogP contribution in [0.15, 0.2) is 23.1 Å². The molecule has 20 heavy (non-hydrogen) atoms. The third kappa shape index (κ3) is 2.97. The predicted molar refractivity (Wildman–Crippen MR) is 75.2 cm³/mol. The van der Waals surface area contributed by atoms with E-state index in [9.17, 15) is 13.2 Å². The van der Waals surface area contributed by atoms with Crippen molar-refractivity contribution in [2.75, 3.05) is 14.1 Å². The molecule has 1 aliphatic rings. The molecule has 1 fully saturated rings. The number of benzene rings is 1. The summed E-state index contributed by atoms with van der Waals surface area (Å²) in [6.07, 6.45) is 0.780. The first-order chi connectivity index (χ1) is 9.23. The Balaban J connectivity index is 2.36. The SMILES string of the molecule is C[C@H]1C[C@@H]1C(=O)Oc1ccc(Cl)cc1S(=O)(=O)N(C)C. The minimum Gasteiger partial charge on any atom is -0.425 e. The number of nitrogens with zero attached hydrogens (tertiary/aromatic N) is 1. The van der Waals surface area contributed by atoms with E-state index in [1.54, 1.807) is 0 Å². The monoisotopic (exact) mass is 317 g/mol. The van der Waals surface area contributed by atoms with Crippen LogP contribution < -0.4 is 4.74 Å². The highest BCUT2D eigenvalue weighted by molar-refractivity contribution is 7.89. The standard InChI is InChI=1S/C13H16ClNO4S/c1-8-6-10(8)13(16)19-11-5-4-9(14)7-12(11)20(17,18)15(2)3/h4-5,7-8,10H,6H2,1-3H3/t8-,10-/m0/s1. The fraction of sp³-hybridized carbons (Fsp3) is 0.462. The van der Waals surface area contributed by atoms with Crippen molar-refractivity contribution in [3.05, 3.63) is 23.2 Å². The highest BCUT2D eigenvalue weighted by Gasteiger charge is 2.41. The lowest BCUT2D eigenvalue weighted by atomic mass is 10.3. The van der Waals surface area contributed by atoms with Crippen molar-refractivity contribution in [3.63, 3.8) is 0 Å². The van der Waals surface area contributed by atoms with Gasteiger partial charge in [-0.15, -0.1) is 0 Å². The van der Waals surface area contributed by atoms with Gasteiger partial charge in [-0.05, 0) is 30.5 Å². The molecule has 1 saturated carbocycles.